The van der Waals surface area contributed by atoms with Crippen LogP contribution < -0.4 is 4.74 Å². The molecule has 2 aromatic rings. The van der Waals surface area contributed by atoms with Crippen LogP contribution in [0.1, 0.15) is 41.8 Å². The van der Waals surface area contributed by atoms with Crippen LogP contribution >= 0.6 is 0 Å². The van der Waals surface area contributed by atoms with Crippen LogP contribution in [-0.4, -0.2) is 16.9 Å². The monoisotopic (exact) mass is 283 g/mol. The summed E-state index contributed by atoms with van der Waals surface area (Å²) in [5.74, 6) is 0.742. The summed E-state index contributed by atoms with van der Waals surface area (Å²) < 4.78 is 5.57. The first-order valence-electron chi connectivity index (χ1n) is 7.25. The molecule has 1 aromatic heterocycles. The zero-order valence-corrected chi connectivity index (χ0v) is 12.8. The van der Waals surface area contributed by atoms with Crippen molar-refractivity contribution in [2.75, 3.05) is 0 Å². The fraction of sp³-hybridized carbons (Fsp3) is 0.333. The highest BCUT2D eigenvalue weighted by atomic mass is 16.5. The molecule has 0 atom stereocenters. The third-order valence-corrected chi connectivity index (χ3v) is 3.29. The number of rotatable bonds is 6. The third kappa shape index (κ3) is 4.42. The third-order valence-electron chi connectivity index (χ3n) is 3.29. The Balaban J connectivity index is 2.02. The van der Waals surface area contributed by atoms with Crippen molar-refractivity contribution in [1.29, 1.82) is 0 Å². The van der Waals surface area contributed by atoms with Crippen molar-refractivity contribution in [2.45, 2.75) is 39.7 Å². The van der Waals surface area contributed by atoms with Gasteiger partial charge >= 0.3 is 0 Å². The minimum atomic E-state index is 0.0733. The summed E-state index contributed by atoms with van der Waals surface area (Å²) in [5, 5.41) is 0. The Morgan fingerprint density at radius 1 is 1.24 bits per heavy atom. The van der Waals surface area contributed by atoms with E-state index in [1.54, 1.807) is 18.5 Å². The van der Waals surface area contributed by atoms with Crippen molar-refractivity contribution in [3.05, 3.63) is 59.4 Å². The molecule has 0 aliphatic carbocycles. The molecule has 21 heavy (non-hydrogen) atoms. The van der Waals surface area contributed by atoms with Gasteiger partial charge in [-0.2, -0.15) is 0 Å². The van der Waals surface area contributed by atoms with Crippen LogP contribution in [0.25, 0.3) is 0 Å². The van der Waals surface area contributed by atoms with Crippen LogP contribution in [0.4, 0.5) is 0 Å². The molecule has 0 amide bonds. The van der Waals surface area contributed by atoms with Crippen molar-refractivity contribution in [2.24, 2.45) is 0 Å². The van der Waals surface area contributed by atoms with Gasteiger partial charge in [0.25, 0.3) is 0 Å². The SMILES string of the molecule is Cc1ccccc1CCC(=O)c1cncc(OC(C)C)c1. The lowest BCUT2D eigenvalue weighted by Gasteiger charge is -2.10. The first kappa shape index (κ1) is 15.2. The molecule has 3 heteroatoms. The number of hydrogen-bond donors (Lipinski definition) is 0. The minimum Gasteiger partial charge on any atom is -0.489 e. The number of benzene rings is 1. The lowest BCUT2D eigenvalue weighted by molar-refractivity contribution is 0.0981. The van der Waals surface area contributed by atoms with Gasteiger partial charge in [-0.1, -0.05) is 24.3 Å². The van der Waals surface area contributed by atoms with E-state index in [-0.39, 0.29) is 11.9 Å². The number of hydrogen-bond acceptors (Lipinski definition) is 3. The van der Waals surface area contributed by atoms with Gasteiger partial charge in [0.15, 0.2) is 5.78 Å². The fourth-order valence-electron chi connectivity index (χ4n) is 2.19. The summed E-state index contributed by atoms with van der Waals surface area (Å²) >= 11 is 0. The predicted octanol–water partition coefficient (Wildman–Crippen LogP) is 3.99. The van der Waals surface area contributed by atoms with Crippen LogP contribution in [0, 0.1) is 6.92 Å². The first-order valence-corrected chi connectivity index (χ1v) is 7.25. The van der Waals surface area contributed by atoms with E-state index in [9.17, 15) is 4.79 Å². The summed E-state index contributed by atoms with van der Waals surface area (Å²) in [4.78, 5) is 16.4. The van der Waals surface area contributed by atoms with E-state index in [0.717, 1.165) is 6.42 Å². The number of aryl methyl sites for hydroxylation is 2. The molecule has 0 aliphatic rings. The lowest BCUT2D eigenvalue weighted by atomic mass is 10.0. The normalized spacial score (nSPS) is 10.7. The zero-order chi connectivity index (χ0) is 15.2. The Kier molecular flexibility index (Phi) is 5.09. The fourth-order valence-corrected chi connectivity index (χ4v) is 2.19. The highest BCUT2D eigenvalue weighted by Gasteiger charge is 2.09. The van der Waals surface area contributed by atoms with E-state index < -0.39 is 0 Å². The quantitative estimate of drug-likeness (QED) is 0.752. The number of carbonyl (C=O) groups excluding carboxylic acids is 1. The van der Waals surface area contributed by atoms with Gasteiger partial charge in [-0.25, -0.2) is 0 Å². The van der Waals surface area contributed by atoms with E-state index in [1.807, 2.05) is 26.0 Å². The second kappa shape index (κ2) is 7.02. The van der Waals surface area contributed by atoms with E-state index in [0.29, 0.717) is 17.7 Å². The number of ether oxygens (including phenoxy) is 1. The molecule has 0 radical (unpaired) electrons. The standard InChI is InChI=1S/C18H21NO2/c1-13(2)21-17-10-16(11-19-12-17)18(20)9-8-15-7-5-4-6-14(15)3/h4-7,10-13H,8-9H2,1-3H3. The zero-order valence-electron chi connectivity index (χ0n) is 12.8. The van der Waals surface area contributed by atoms with Gasteiger partial charge in [-0.3, -0.25) is 9.78 Å². The average molecular weight is 283 g/mol. The van der Waals surface area contributed by atoms with E-state index in [4.69, 9.17) is 4.74 Å². The number of carbonyl (C=O) groups is 1. The Bertz CT molecular complexity index is 620. The van der Waals surface area contributed by atoms with Crippen LogP contribution in [0.2, 0.25) is 0 Å². The van der Waals surface area contributed by atoms with Gasteiger partial charge in [0.2, 0.25) is 0 Å². The van der Waals surface area contributed by atoms with E-state index in [1.165, 1.54) is 11.1 Å². The highest BCUT2D eigenvalue weighted by Crippen LogP contribution is 2.16. The average Bonchev–Trinajstić information content (AvgIpc) is 2.45. The van der Waals surface area contributed by atoms with Crippen molar-refractivity contribution in [3.8, 4) is 5.75 Å². The molecule has 0 bridgehead atoms. The van der Waals surface area contributed by atoms with Gasteiger partial charge in [-0.15, -0.1) is 0 Å². The molecular weight excluding hydrogens is 262 g/mol. The maximum Gasteiger partial charge on any atom is 0.164 e. The van der Waals surface area contributed by atoms with Crippen LogP contribution in [0.15, 0.2) is 42.7 Å². The lowest BCUT2D eigenvalue weighted by Crippen LogP contribution is -2.08. The molecule has 0 N–H and O–H groups in total. The molecule has 0 spiro atoms. The summed E-state index contributed by atoms with van der Waals surface area (Å²) in [6.45, 7) is 5.97. The van der Waals surface area contributed by atoms with Gasteiger partial charge in [-0.05, 0) is 44.4 Å². The Labute approximate surface area is 126 Å². The second-order valence-corrected chi connectivity index (χ2v) is 5.43. The Morgan fingerprint density at radius 3 is 2.71 bits per heavy atom. The van der Waals surface area contributed by atoms with Crippen molar-refractivity contribution < 1.29 is 9.53 Å². The van der Waals surface area contributed by atoms with Crippen molar-refractivity contribution >= 4 is 5.78 Å². The summed E-state index contributed by atoms with van der Waals surface area (Å²) in [7, 11) is 0. The first-order chi connectivity index (χ1) is 10.1. The molecule has 0 fully saturated rings. The Hall–Kier alpha value is -2.16. The van der Waals surface area contributed by atoms with Crippen LogP contribution in [0.3, 0.4) is 0 Å². The summed E-state index contributed by atoms with van der Waals surface area (Å²) in [6, 6.07) is 9.92. The number of Topliss-reactive ketones (excluding diaryl/α,β-unsaturated/α-hetero) is 1. The molecule has 0 unspecified atom stereocenters. The van der Waals surface area contributed by atoms with Gasteiger partial charge in [0.1, 0.15) is 5.75 Å². The van der Waals surface area contributed by atoms with Crippen molar-refractivity contribution in [1.82, 2.24) is 4.98 Å². The summed E-state index contributed by atoms with van der Waals surface area (Å²) in [5.41, 5.74) is 3.05. The molecular formula is C18H21NO2. The molecule has 110 valence electrons. The molecule has 0 saturated carbocycles. The second-order valence-electron chi connectivity index (χ2n) is 5.43. The van der Waals surface area contributed by atoms with Gasteiger partial charge in [0, 0.05) is 18.2 Å². The van der Waals surface area contributed by atoms with Crippen LogP contribution in [-0.2, 0) is 6.42 Å². The number of pyridine rings is 1. The summed E-state index contributed by atoms with van der Waals surface area (Å²) in [6.07, 6.45) is 4.55. The van der Waals surface area contributed by atoms with Crippen LogP contribution in [0.5, 0.6) is 5.75 Å². The maximum atomic E-state index is 12.3. The minimum absolute atomic E-state index is 0.0733. The van der Waals surface area contributed by atoms with E-state index in [2.05, 4.69) is 24.0 Å². The molecule has 1 heterocycles. The molecule has 3 nitrogen and oxygen atoms in total. The van der Waals surface area contributed by atoms with Gasteiger partial charge in [0.05, 0.1) is 12.3 Å². The Morgan fingerprint density at radius 2 is 2.00 bits per heavy atom. The largest absolute Gasteiger partial charge is 0.489 e. The van der Waals surface area contributed by atoms with E-state index >= 15 is 0 Å². The molecule has 0 saturated heterocycles. The number of nitrogens with zero attached hydrogens (tertiary/aromatic N) is 1. The molecule has 1 aromatic carbocycles. The number of aromatic nitrogens is 1. The predicted molar refractivity (Wildman–Crippen MR) is 83.8 cm³/mol. The maximum absolute atomic E-state index is 12.3. The molecule has 2 rings (SSSR count). The highest BCUT2D eigenvalue weighted by molar-refractivity contribution is 5.96. The smallest absolute Gasteiger partial charge is 0.164 e. The van der Waals surface area contributed by atoms with Crippen molar-refractivity contribution in [3.63, 3.8) is 0 Å². The number of ketones is 1. The molecule has 0 aliphatic heterocycles. The topological polar surface area (TPSA) is 39.2 Å². The van der Waals surface area contributed by atoms with Gasteiger partial charge < -0.3 is 4.74 Å².